The Hall–Kier alpha value is -1.30. The molecule has 6 nitrogen and oxygen atoms in total. The van der Waals surface area contributed by atoms with Crippen LogP contribution in [0.15, 0.2) is 0 Å². The van der Waals surface area contributed by atoms with Gasteiger partial charge in [-0.3, -0.25) is 4.79 Å². The molecule has 24 heavy (non-hydrogen) atoms. The third-order valence-electron chi connectivity index (χ3n) is 4.88. The predicted molar refractivity (Wildman–Crippen MR) is 91.7 cm³/mol. The Labute approximate surface area is 145 Å². The number of carbonyl (C=O) groups is 2. The predicted octanol–water partition coefficient (Wildman–Crippen LogP) is 2.71. The van der Waals surface area contributed by atoms with Crippen molar-refractivity contribution in [2.24, 2.45) is 5.92 Å². The number of nitrogens with one attached hydrogen (secondary N) is 1. The highest BCUT2D eigenvalue weighted by atomic mass is 16.6. The summed E-state index contributed by atoms with van der Waals surface area (Å²) in [6.07, 6.45) is 5.55. The van der Waals surface area contributed by atoms with Crippen LogP contribution in [0.3, 0.4) is 0 Å². The molecule has 1 amide bonds. The minimum Gasteiger partial charge on any atom is -0.469 e. The third-order valence-corrected chi connectivity index (χ3v) is 4.88. The van der Waals surface area contributed by atoms with Crippen LogP contribution in [-0.2, 0) is 14.3 Å². The van der Waals surface area contributed by atoms with Gasteiger partial charge in [0.2, 0.25) is 0 Å². The Kier molecular flexibility index (Phi) is 6.49. The van der Waals surface area contributed by atoms with Crippen molar-refractivity contribution in [2.75, 3.05) is 20.2 Å². The first-order chi connectivity index (χ1) is 11.3. The van der Waals surface area contributed by atoms with Crippen molar-refractivity contribution in [1.29, 1.82) is 0 Å². The molecule has 1 N–H and O–H groups in total. The molecule has 1 saturated carbocycles. The second kappa shape index (κ2) is 8.19. The molecule has 2 aliphatic rings. The fraction of sp³-hybridized carbons (Fsp3) is 0.889. The number of likely N-dealkylation sites (tertiary alicyclic amines) is 1. The topological polar surface area (TPSA) is 67.9 Å². The molecular formula is C18H32N2O4. The van der Waals surface area contributed by atoms with E-state index in [2.05, 4.69) is 5.32 Å². The lowest BCUT2D eigenvalue weighted by atomic mass is 9.85. The summed E-state index contributed by atoms with van der Waals surface area (Å²) >= 11 is 0. The normalized spacial score (nSPS) is 26.1. The van der Waals surface area contributed by atoms with Crippen molar-refractivity contribution in [3.63, 3.8) is 0 Å². The lowest BCUT2D eigenvalue weighted by Gasteiger charge is -2.36. The first-order valence-corrected chi connectivity index (χ1v) is 9.10. The molecule has 0 aromatic carbocycles. The summed E-state index contributed by atoms with van der Waals surface area (Å²) in [5.41, 5.74) is -0.440. The van der Waals surface area contributed by atoms with Crippen molar-refractivity contribution in [3.8, 4) is 0 Å². The van der Waals surface area contributed by atoms with Crippen LogP contribution in [0.1, 0.15) is 59.3 Å². The minimum atomic E-state index is -0.440. The largest absolute Gasteiger partial charge is 0.469 e. The van der Waals surface area contributed by atoms with Gasteiger partial charge in [-0.05, 0) is 59.3 Å². The maximum absolute atomic E-state index is 12.1. The van der Waals surface area contributed by atoms with Crippen LogP contribution < -0.4 is 5.32 Å². The second-order valence-electron chi connectivity index (χ2n) is 7.98. The molecule has 0 aromatic heterocycles. The average Bonchev–Trinajstić information content (AvgIpc) is 2.54. The zero-order valence-electron chi connectivity index (χ0n) is 15.5. The lowest BCUT2D eigenvalue weighted by molar-refractivity contribution is -0.146. The first-order valence-electron chi connectivity index (χ1n) is 9.10. The summed E-state index contributed by atoms with van der Waals surface area (Å²) in [7, 11) is 1.46. The van der Waals surface area contributed by atoms with Gasteiger partial charge in [0.25, 0.3) is 0 Å². The quantitative estimate of drug-likeness (QED) is 0.800. The molecular weight excluding hydrogens is 308 g/mol. The molecule has 0 aromatic rings. The van der Waals surface area contributed by atoms with Crippen LogP contribution in [0.4, 0.5) is 4.79 Å². The van der Waals surface area contributed by atoms with Gasteiger partial charge in [0, 0.05) is 25.2 Å². The number of hydrogen-bond donors (Lipinski definition) is 1. The molecule has 1 aliphatic heterocycles. The number of carbonyl (C=O) groups excluding carboxylic acids is 2. The van der Waals surface area contributed by atoms with Crippen LogP contribution in [-0.4, -0.2) is 54.8 Å². The van der Waals surface area contributed by atoms with E-state index in [1.54, 1.807) is 4.90 Å². The molecule has 0 radical (unpaired) electrons. The summed E-state index contributed by atoms with van der Waals surface area (Å²) in [6.45, 7) is 7.16. The van der Waals surface area contributed by atoms with Crippen LogP contribution in [0.5, 0.6) is 0 Å². The van der Waals surface area contributed by atoms with Gasteiger partial charge >= 0.3 is 12.1 Å². The number of esters is 1. The third kappa shape index (κ3) is 5.65. The van der Waals surface area contributed by atoms with Crippen molar-refractivity contribution >= 4 is 12.1 Å². The van der Waals surface area contributed by atoms with E-state index >= 15 is 0 Å². The molecule has 0 bridgehead atoms. The van der Waals surface area contributed by atoms with Gasteiger partial charge in [-0.25, -0.2) is 4.79 Å². The summed E-state index contributed by atoms with van der Waals surface area (Å²) in [5, 5.41) is 3.71. The summed E-state index contributed by atoms with van der Waals surface area (Å²) in [6, 6.07) is 0.923. The van der Waals surface area contributed by atoms with Gasteiger partial charge in [-0.2, -0.15) is 0 Å². The fourth-order valence-electron chi connectivity index (χ4n) is 3.55. The fourth-order valence-corrected chi connectivity index (χ4v) is 3.55. The van der Waals surface area contributed by atoms with E-state index in [0.29, 0.717) is 12.1 Å². The number of ether oxygens (including phenoxy) is 2. The van der Waals surface area contributed by atoms with Crippen molar-refractivity contribution in [2.45, 2.75) is 77.0 Å². The van der Waals surface area contributed by atoms with Crippen molar-refractivity contribution in [1.82, 2.24) is 10.2 Å². The number of nitrogens with zero attached hydrogens (tertiary/aromatic N) is 1. The maximum Gasteiger partial charge on any atom is 0.410 e. The molecule has 0 unspecified atom stereocenters. The molecule has 1 saturated heterocycles. The summed E-state index contributed by atoms with van der Waals surface area (Å²) in [5.74, 6) is 0.00110. The molecule has 1 aliphatic carbocycles. The maximum atomic E-state index is 12.1. The molecule has 1 heterocycles. The van der Waals surface area contributed by atoms with Gasteiger partial charge in [-0.1, -0.05) is 0 Å². The van der Waals surface area contributed by atoms with Gasteiger partial charge in [0.05, 0.1) is 13.0 Å². The highest BCUT2D eigenvalue weighted by Crippen LogP contribution is 2.26. The summed E-state index contributed by atoms with van der Waals surface area (Å²) < 4.78 is 10.3. The number of rotatable bonds is 3. The number of amides is 1. The zero-order chi connectivity index (χ0) is 17.7. The van der Waals surface area contributed by atoms with E-state index in [0.717, 1.165) is 51.6 Å². The van der Waals surface area contributed by atoms with Crippen LogP contribution in [0, 0.1) is 5.92 Å². The van der Waals surface area contributed by atoms with E-state index < -0.39 is 5.60 Å². The van der Waals surface area contributed by atoms with E-state index in [9.17, 15) is 9.59 Å². The minimum absolute atomic E-state index is 0.0703. The average molecular weight is 340 g/mol. The molecule has 6 heteroatoms. The van der Waals surface area contributed by atoms with E-state index in [-0.39, 0.29) is 18.0 Å². The Balaban J connectivity index is 1.69. The molecule has 2 fully saturated rings. The Morgan fingerprint density at radius 1 is 0.958 bits per heavy atom. The zero-order valence-corrected chi connectivity index (χ0v) is 15.5. The van der Waals surface area contributed by atoms with Gasteiger partial charge < -0.3 is 19.7 Å². The number of hydrogen-bond acceptors (Lipinski definition) is 5. The smallest absolute Gasteiger partial charge is 0.410 e. The van der Waals surface area contributed by atoms with Crippen LogP contribution in [0.2, 0.25) is 0 Å². The van der Waals surface area contributed by atoms with Gasteiger partial charge in [0.1, 0.15) is 5.60 Å². The van der Waals surface area contributed by atoms with Gasteiger partial charge in [-0.15, -0.1) is 0 Å². The molecule has 138 valence electrons. The molecule has 0 spiro atoms. The standard InChI is InChI=1S/C18H32N2O4/c1-18(2,3)24-17(22)20-11-9-15(10-12-20)19-14-7-5-13(6-8-14)16(21)23-4/h13-15,19H,5-12H2,1-4H3. The monoisotopic (exact) mass is 340 g/mol. The molecule has 2 rings (SSSR count). The number of methoxy groups -OCH3 is 1. The Morgan fingerprint density at radius 2 is 1.50 bits per heavy atom. The van der Waals surface area contributed by atoms with E-state index in [1.165, 1.54) is 7.11 Å². The molecule has 0 atom stereocenters. The lowest BCUT2D eigenvalue weighted by Crippen LogP contribution is -2.49. The first kappa shape index (κ1) is 19.0. The number of piperidine rings is 1. The highest BCUT2D eigenvalue weighted by molar-refractivity contribution is 5.72. The van der Waals surface area contributed by atoms with E-state index in [4.69, 9.17) is 9.47 Å². The highest BCUT2D eigenvalue weighted by Gasteiger charge is 2.30. The van der Waals surface area contributed by atoms with Crippen LogP contribution >= 0.6 is 0 Å². The van der Waals surface area contributed by atoms with E-state index in [1.807, 2.05) is 20.8 Å². The van der Waals surface area contributed by atoms with Crippen molar-refractivity contribution in [3.05, 3.63) is 0 Å². The summed E-state index contributed by atoms with van der Waals surface area (Å²) in [4.78, 5) is 25.5. The second-order valence-corrected chi connectivity index (χ2v) is 7.98. The Bertz CT molecular complexity index is 431. The Morgan fingerprint density at radius 3 is 2.00 bits per heavy atom. The van der Waals surface area contributed by atoms with Crippen molar-refractivity contribution < 1.29 is 19.1 Å². The van der Waals surface area contributed by atoms with Crippen LogP contribution in [0.25, 0.3) is 0 Å². The SMILES string of the molecule is COC(=O)C1CCC(NC2CCN(C(=O)OC(C)(C)C)CC2)CC1. The van der Waals surface area contributed by atoms with Gasteiger partial charge in [0.15, 0.2) is 0 Å².